The number of anilines is 3. The lowest BCUT2D eigenvalue weighted by Gasteiger charge is -2.28. The minimum Gasteiger partial charge on any atom is -0.396 e. The second kappa shape index (κ2) is 14.8. The van der Waals surface area contributed by atoms with E-state index >= 15 is 0 Å². The Balaban J connectivity index is 1.20. The van der Waals surface area contributed by atoms with Crippen LogP contribution in [0.5, 0.6) is 0 Å². The Bertz CT molecular complexity index is 1640. The van der Waals surface area contributed by atoms with E-state index in [1.807, 2.05) is 36.4 Å². The maximum absolute atomic E-state index is 14.2. The predicted molar refractivity (Wildman–Crippen MR) is 181 cm³/mol. The first-order valence-corrected chi connectivity index (χ1v) is 16.8. The molecule has 3 amide bonds. The van der Waals surface area contributed by atoms with E-state index in [2.05, 4.69) is 31.6 Å². The highest BCUT2D eigenvalue weighted by molar-refractivity contribution is 6.08. The Morgan fingerprint density at radius 3 is 2.35 bits per heavy atom. The number of hydrogen-bond donors (Lipinski definition) is 6. The molecule has 254 valence electrons. The van der Waals surface area contributed by atoms with E-state index in [4.69, 9.17) is 5.11 Å². The Hall–Kier alpha value is -4.43. The van der Waals surface area contributed by atoms with Crippen LogP contribution in [-0.4, -0.2) is 74.7 Å². The molecule has 13 heteroatoms. The molecule has 2 saturated heterocycles. The number of nitrogens with zero attached hydrogens (tertiary/aromatic N) is 4. The molecule has 2 aromatic carbocycles. The number of allylic oxidation sites excluding steroid dienone is 1. The van der Waals surface area contributed by atoms with E-state index in [1.165, 1.54) is 0 Å². The van der Waals surface area contributed by atoms with Crippen molar-refractivity contribution in [2.45, 2.75) is 76.2 Å². The summed E-state index contributed by atoms with van der Waals surface area (Å²) in [4.78, 5) is 41.2. The molecule has 0 spiro atoms. The molecule has 3 aliphatic rings. The molecule has 0 bridgehead atoms. The number of aromatic nitrogens is 3. The van der Waals surface area contributed by atoms with Crippen molar-refractivity contribution < 1.29 is 24.6 Å². The van der Waals surface area contributed by atoms with Gasteiger partial charge in [-0.2, -0.15) is 0 Å². The van der Waals surface area contributed by atoms with Gasteiger partial charge < -0.3 is 36.4 Å². The quantitative estimate of drug-likeness (QED) is 0.151. The van der Waals surface area contributed by atoms with Crippen molar-refractivity contribution in [1.82, 2.24) is 25.6 Å². The van der Waals surface area contributed by atoms with Gasteiger partial charge in [0.2, 0.25) is 11.8 Å². The SMILES string of the molecule is C[C@@H](/C=C/CCn1cc(CCO)nn1)[C@]1(O)C(=O)N(Cc2ccc(NC(=O)[C@H]3CCCN3)cc2)c2ccc(NC(=O)[C@H]3CCCN3)cc21. The largest absolute Gasteiger partial charge is 0.396 e. The Morgan fingerprint density at radius 1 is 1.04 bits per heavy atom. The standard InChI is InChI=1S/C35H44N8O5/c1-23(6-2-3-18-42-22-27(15-19-44)40-41-42)35(48)28-20-26(39-33(46)30-8-5-17-37-30)13-14-31(28)43(34(35)47)21-24-9-11-25(12-10-24)38-32(45)29-7-4-16-36-29/h2,6,9-14,20,22-23,29-30,36-37,44,48H,3-5,7-8,15-19,21H2,1H3,(H,38,45)(H,39,46)/b6-2+/t23-,29+,30+,35+/m0/s1. The molecule has 2 fully saturated rings. The van der Waals surface area contributed by atoms with Gasteiger partial charge in [0, 0.05) is 48.6 Å². The highest BCUT2D eigenvalue weighted by atomic mass is 16.3. The van der Waals surface area contributed by atoms with Gasteiger partial charge >= 0.3 is 0 Å². The Labute approximate surface area is 279 Å². The fourth-order valence-electron chi connectivity index (χ4n) is 6.66. The summed E-state index contributed by atoms with van der Waals surface area (Å²) in [7, 11) is 0. The minimum absolute atomic E-state index is 0.00586. The smallest absolute Gasteiger partial charge is 0.264 e. The van der Waals surface area contributed by atoms with Crippen LogP contribution in [0.3, 0.4) is 0 Å². The molecule has 4 heterocycles. The first-order chi connectivity index (χ1) is 23.3. The number of hydrogen-bond acceptors (Lipinski definition) is 9. The lowest BCUT2D eigenvalue weighted by atomic mass is 9.82. The molecule has 13 nitrogen and oxygen atoms in total. The van der Waals surface area contributed by atoms with Gasteiger partial charge in [-0.05, 0) is 81.1 Å². The summed E-state index contributed by atoms with van der Waals surface area (Å²) in [5.74, 6) is -1.25. The summed E-state index contributed by atoms with van der Waals surface area (Å²) in [5, 5.41) is 41.8. The fourth-order valence-corrected chi connectivity index (χ4v) is 6.66. The summed E-state index contributed by atoms with van der Waals surface area (Å²) >= 11 is 0. The van der Waals surface area contributed by atoms with Crippen LogP contribution in [-0.2, 0) is 39.5 Å². The maximum Gasteiger partial charge on any atom is 0.264 e. The zero-order valence-electron chi connectivity index (χ0n) is 27.2. The van der Waals surface area contributed by atoms with Crippen molar-refractivity contribution in [1.29, 1.82) is 0 Å². The second-order valence-electron chi connectivity index (χ2n) is 12.8. The van der Waals surface area contributed by atoms with Crippen LogP contribution in [0.4, 0.5) is 17.1 Å². The molecule has 1 aromatic heterocycles. The lowest BCUT2D eigenvalue weighted by molar-refractivity contribution is -0.139. The highest BCUT2D eigenvalue weighted by Gasteiger charge is 2.52. The normalized spacial score (nSPS) is 22.7. The number of benzene rings is 2. The molecule has 0 unspecified atom stereocenters. The Morgan fingerprint density at radius 2 is 1.71 bits per heavy atom. The molecule has 0 aliphatic carbocycles. The lowest BCUT2D eigenvalue weighted by Crippen LogP contribution is -2.44. The number of aliphatic hydroxyl groups is 2. The molecule has 3 aliphatic heterocycles. The summed E-state index contributed by atoms with van der Waals surface area (Å²) in [6, 6.07) is 12.1. The molecule has 0 radical (unpaired) electrons. The average molecular weight is 657 g/mol. The van der Waals surface area contributed by atoms with Crippen molar-refractivity contribution in [2.75, 3.05) is 35.2 Å². The van der Waals surface area contributed by atoms with Crippen molar-refractivity contribution >= 4 is 34.8 Å². The van der Waals surface area contributed by atoms with Crippen molar-refractivity contribution in [3.05, 3.63) is 77.6 Å². The summed E-state index contributed by atoms with van der Waals surface area (Å²) in [5.41, 5.74) is 1.86. The van der Waals surface area contributed by atoms with E-state index in [0.29, 0.717) is 47.7 Å². The first kappa shape index (κ1) is 33.5. The number of rotatable bonds is 13. The molecule has 48 heavy (non-hydrogen) atoms. The van der Waals surface area contributed by atoms with Gasteiger partial charge in [0.15, 0.2) is 5.60 Å². The molecule has 6 N–H and O–H groups in total. The van der Waals surface area contributed by atoms with Crippen LogP contribution >= 0.6 is 0 Å². The van der Waals surface area contributed by atoms with Crippen LogP contribution in [0.25, 0.3) is 0 Å². The number of carbonyl (C=O) groups excluding carboxylic acids is 3. The predicted octanol–water partition coefficient (Wildman–Crippen LogP) is 2.21. The summed E-state index contributed by atoms with van der Waals surface area (Å²) in [6.45, 7) is 4.21. The number of nitrogens with one attached hydrogen (secondary N) is 4. The third-order valence-corrected chi connectivity index (χ3v) is 9.42. The van der Waals surface area contributed by atoms with Gasteiger partial charge in [0.25, 0.3) is 5.91 Å². The number of aryl methyl sites for hydroxylation is 1. The van der Waals surface area contributed by atoms with Gasteiger partial charge in [-0.25, -0.2) is 0 Å². The van der Waals surface area contributed by atoms with E-state index in [1.54, 1.807) is 40.9 Å². The van der Waals surface area contributed by atoms with Gasteiger partial charge in [0.05, 0.1) is 30.0 Å². The second-order valence-corrected chi connectivity index (χ2v) is 12.8. The van der Waals surface area contributed by atoms with E-state index in [-0.39, 0.29) is 37.0 Å². The zero-order valence-corrected chi connectivity index (χ0v) is 27.2. The van der Waals surface area contributed by atoms with E-state index in [9.17, 15) is 19.5 Å². The van der Waals surface area contributed by atoms with Crippen LogP contribution < -0.4 is 26.2 Å². The van der Waals surface area contributed by atoms with E-state index < -0.39 is 17.4 Å². The third kappa shape index (κ3) is 7.19. The topological polar surface area (TPSA) is 174 Å². The van der Waals surface area contributed by atoms with Gasteiger partial charge in [-0.3, -0.25) is 19.1 Å². The van der Waals surface area contributed by atoms with Crippen LogP contribution in [0.2, 0.25) is 0 Å². The summed E-state index contributed by atoms with van der Waals surface area (Å²) < 4.78 is 1.70. The number of aliphatic hydroxyl groups excluding tert-OH is 1. The number of amides is 3. The van der Waals surface area contributed by atoms with Crippen molar-refractivity contribution in [2.24, 2.45) is 5.92 Å². The third-order valence-electron chi connectivity index (χ3n) is 9.42. The zero-order chi connectivity index (χ0) is 33.7. The van der Waals surface area contributed by atoms with Gasteiger partial charge in [-0.1, -0.05) is 36.4 Å². The van der Waals surface area contributed by atoms with Crippen LogP contribution in [0, 0.1) is 5.92 Å². The van der Waals surface area contributed by atoms with Crippen LogP contribution in [0.15, 0.2) is 60.8 Å². The molecule has 6 rings (SSSR count). The molecular weight excluding hydrogens is 612 g/mol. The highest BCUT2D eigenvalue weighted by Crippen LogP contribution is 2.47. The number of fused-ring (bicyclic) bond motifs is 1. The monoisotopic (exact) mass is 656 g/mol. The van der Waals surface area contributed by atoms with Crippen molar-refractivity contribution in [3.8, 4) is 0 Å². The molecule has 3 aromatic rings. The molecule has 4 atom stereocenters. The van der Waals surface area contributed by atoms with Gasteiger partial charge in [-0.15, -0.1) is 5.10 Å². The summed E-state index contributed by atoms with van der Waals surface area (Å²) in [6.07, 6.45) is 10.1. The first-order valence-electron chi connectivity index (χ1n) is 16.8. The van der Waals surface area contributed by atoms with E-state index in [0.717, 1.165) is 44.3 Å². The van der Waals surface area contributed by atoms with Crippen LogP contribution in [0.1, 0.15) is 55.8 Å². The maximum atomic E-state index is 14.2. The molecular formula is C35H44N8O5. The Kier molecular flexibility index (Phi) is 10.3. The number of carbonyl (C=O) groups is 3. The molecule has 0 saturated carbocycles. The minimum atomic E-state index is -1.87. The van der Waals surface area contributed by atoms with Gasteiger partial charge in [0.1, 0.15) is 0 Å². The fraction of sp³-hybridized carbons (Fsp3) is 0.457. The van der Waals surface area contributed by atoms with Crippen molar-refractivity contribution in [3.63, 3.8) is 0 Å². The average Bonchev–Trinajstić information content (AvgIpc) is 3.91.